The Hall–Kier alpha value is -2.71. The maximum Gasteiger partial charge on any atom is 0.208 e. The Morgan fingerprint density at radius 2 is 1.82 bits per heavy atom. The molecule has 0 unspecified atom stereocenters. The maximum atomic E-state index is 13.2. The number of benzene rings is 2. The smallest absolute Gasteiger partial charge is 0.208 e. The van der Waals surface area contributed by atoms with Crippen molar-refractivity contribution in [2.45, 2.75) is 9.79 Å². The van der Waals surface area contributed by atoms with Crippen LogP contribution in [-0.2, 0) is 14.6 Å². The molecule has 1 saturated heterocycles. The highest BCUT2D eigenvalue weighted by Crippen LogP contribution is 2.37. The van der Waals surface area contributed by atoms with E-state index in [-0.39, 0.29) is 26.7 Å². The molecular weight excluding hydrogens is 378 g/mol. The lowest BCUT2D eigenvalue weighted by molar-refractivity contribution is 0.103. The molecule has 1 fully saturated rings. The van der Waals surface area contributed by atoms with Crippen LogP contribution >= 0.6 is 0 Å². The summed E-state index contributed by atoms with van der Waals surface area (Å²) in [6, 6.07) is 9.91. The molecule has 2 aromatic rings. The number of sulfone groups is 1. The van der Waals surface area contributed by atoms with E-state index in [0.717, 1.165) is 25.3 Å². The molecular formula is C20H19N3O4S. The lowest BCUT2D eigenvalue weighted by atomic mass is 10.00. The van der Waals surface area contributed by atoms with Gasteiger partial charge >= 0.3 is 0 Å². The van der Waals surface area contributed by atoms with Crippen LogP contribution in [0.25, 0.3) is 0 Å². The number of carbonyl (C=O) groups is 1. The van der Waals surface area contributed by atoms with Gasteiger partial charge in [-0.15, -0.1) is 0 Å². The molecule has 3 heterocycles. The molecule has 5 rings (SSSR count). The number of anilines is 1. The fraction of sp³-hybridized carbons (Fsp3) is 0.300. The number of nitrogens with zero attached hydrogens (tertiary/aromatic N) is 2. The number of rotatable bonds is 2. The van der Waals surface area contributed by atoms with Crippen molar-refractivity contribution in [3.63, 3.8) is 0 Å². The van der Waals surface area contributed by atoms with E-state index in [2.05, 4.69) is 15.2 Å². The van der Waals surface area contributed by atoms with Gasteiger partial charge in [0.2, 0.25) is 9.84 Å². The first-order valence-corrected chi connectivity index (χ1v) is 10.7. The number of ether oxygens (including phenoxy) is 1. The summed E-state index contributed by atoms with van der Waals surface area (Å²) in [6.07, 6.45) is 0. The van der Waals surface area contributed by atoms with Crippen molar-refractivity contribution < 1.29 is 17.9 Å². The van der Waals surface area contributed by atoms with Gasteiger partial charge < -0.3 is 15.0 Å². The predicted octanol–water partition coefficient (Wildman–Crippen LogP) is 1.25. The van der Waals surface area contributed by atoms with Gasteiger partial charge in [0.1, 0.15) is 5.84 Å². The highest BCUT2D eigenvalue weighted by atomic mass is 32.2. The second-order valence-electron chi connectivity index (χ2n) is 6.98. The van der Waals surface area contributed by atoms with Crippen LogP contribution in [0.15, 0.2) is 51.2 Å². The van der Waals surface area contributed by atoms with E-state index < -0.39 is 9.84 Å². The number of fused-ring (bicyclic) bond motifs is 2. The Labute approximate surface area is 162 Å². The normalized spacial score (nSPS) is 20.2. The number of morpholine rings is 1. The lowest BCUT2D eigenvalue weighted by Crippen LogP contribution is -2.36. The van der Waals surface area contributed by atoms with E-state index in [0.29, 0.717) is 31.2 Å². The molecule has 144 valence electrons. The third-order valence-corrected chi connectivity index (χ3v) is 7.19. The van der Waals surface area contributed by atoms with Gasteiger partial charge in [-0.2, -0.15) is 0 Å². The van der Waals surface area contributed by atoms with Crippen molar-refractivity contribution in [2.24, 2.45) is 4.99 Å². The minimum atomic E-state index is -3.78. The number of nitrogens with one attached hydrogen (secondary N) is 1. The number of carbonyl (C=O) groups excluding carboxylic acids is 1. The second-order valence-corrected chi connectivity index (χ2v) is 8.87. The second kappa shape index (κ2) is 6.42. The van der Waals surface area contributed by atoms with Crippen molar-refractivity contribution in [1.82, 2.24) is 5.32 Å². The van der Waals surface area contributed by atoms with Gasteiger partial charge in [0, 0.05) is 42.0 Å². The standard InChI is InChI=1S/C20H19N3O4S/c24-19-15-3-1-13(20-21-5-6-22-20)11-18(15)28(25,26)17-4-2-14(12-16(17)19)23-7-9-27-10-8-23/h1-4,11-12H,5-10H2,(H,21,22). The molecule has 1 N–H and O–H groups in total. The maximum absolute atomic E-state index is 13.2. The van der Waals surface area contributed by atoms with Crippen molar-refractivity contribution in [3.8, 4) is 0 Å². The van der Waals surface area contributed by atoms with Crippen LogP contribution in [0.1, 0.15) is 21.5 Å². The molecule has 3 aliphatic heterocycles. The number of ketones is 1. The predicted molar refractivity (Wildman–Crippen MR) is 104 cm³/mol. The zero-order valence-corrected chi connectivity index (χ0v) is 16.0. The van der Waals surface area contributed by atoms with E-state index >= 15 is 0 Å². The first-order valence-electron chi connectivity index (χ1n) is 9.25. The fourth-order valence-electron chi connectivity index (χ4n) is 3.88. The van der Waals surface area contributed by atoms with Gasteiger partial charge in [-0.1, -0.05) is 6.07 Å². The van der Waals surface area contributed by atoms with Gasteiger partial charge in [0.15, 0.2) is 5.78 Å². The van der Waals surface area contributed by atoms with Gasteiger partial charge in [0.25, 0.3) is 0 Å². The zero-order chi connectivity index (χ0) is 19.3. The molecule has 7 nitrogen and oxygen atoms in total. The minimum absolute atomic E-state index is 0.0537. The van der Waals surface area contributed by atoms with E-state index in [1.165, 1.54) is 0 Å². The molecule has 0 spiro atoms. The van der Waals surface area contributed by atoms with Crippen molar-refractivity contribution >= 4 is 27.1 Å². The molecule has 3 aliphatic rings. The number of amidine groups is 1. The van der Waals surface area contributed by atoms with Crippen LogP contribution in [0.2, 0.25) is 0 Å². The van der Waals surface area contributed by atoms with E-state index in [9.17, 15) is 13.2 Å². The highest BCUT2D eigenvalue weighted by molar-refractivity contribution is 7.91. The summed E-state index contributed by atoms with van der Waals surface area (Å²) in [7, 11) is -3.78. The molecule has 0 radical (unpaired) electrons. The summed E-state index contributed by atoms with van der Waals surface area (Å²) < 4.78 is 31.9. The Morgan fingerprint density at radius 3 is 2.57 bits per heavy atom. The topological polar surface area (TPSA) is 88.1 Å². The average molecular weight is 397 g/mol. The summed E-state index contributed by atoms with van der Waals surface area (Å²) in [5.74, 6) is 0.404. The molecule has 28 heavy (non-hydrogen) atoms. The lowest BCUT2D eigenvalue weighted by Gasteiger charge is -2.30. The molecule has 0 saturated carbocycles. The monoisotopic (exact) mass is 397 g/mol. The van der Waals surface area contributed by atoms with Crippen LogP contribution < -0.4 is 10.2 Å². The van der Waals surface area contributed by atoms with Crippen LogP contribution in [0.4, 0.5) is 5.69 Å². The molecule has 0 amide bonds. The third-order valence-electron chi connectivity index (χ3n) is 5.34. The van der Waals surface area contributed by atoms with E-state index in [1.807, 2.05) is 0 Å². The molecule has 0 atom stereocenters. The number of hydrogen-bond donors (Lipinski definition) is 1. The Morgan fingerprint density at radius 1 is 1.00 bits per heavy atom. The summed E-state index contributed by atoms with van der Waals surface area (Å²) in [6.45, 7) is 4.06. The fourth-order valence-corrected chi connectivity index (χ4v) is 5.54. The Balaban J connectivity index is 1.61. The molecule has 0 aromatic heterocycles. The first-order chi connectivity index (χ1) is 13.6. The van der Waals surface area contributed by atoms with Crippen molar-refractivity contribution in [3.05, 3.63) is 53.1 Å². The van der Waals surface area contributed by atoms with E-state index in [1.54, 1.807) is 36.4 Å². The summed E-state index contributed by atoms with van der Waals surface area (Å²) in [5.41, 5.74) is 1.98. The number of aliphatic imine (C=N–C) groups is 1. The van der Waals surface area contributed by atoms with Gasteiger partial charge in [-0.05, 0) is 30.3 Å². The van der Waals surface area contributed by atoms with Crippen LogP contribution in [0.3, 0.4) is 0 Å². The quantitative estimate of drug-likeness (QED) is 0.700. The van der Waals surface area contributed by atoms with Crippen LogP contribution in [-0.4, -0.2) is 59.4 Å². The minimum Gasteiger partial charge on any atom is -0.378 e. The number of hydrogen-bond acceptors (Lipinski definition) is 7. The van der Waals surface area contributed by atoms with Crippen molar-refractivity contribution in [2.75, 3.05) is 44.3 Å². The molecule has 0 aliphatic carbocycles. The Bertz CT molecular complexity index is 1120. The third kappa shape index (κ3) is 2.63. The molecule has 8 heteroatoms. The van der Waals surface area contributed by atoms with Gasteiger partial charge in [0.05, 0.1) is 29.5 Å². The largest absolute Gasteiger partial charge is 0.378 e. The summed E-state index contributed by atoms with van der Waals surface area (Å²) >= 11 is 0. The van der Waals surface area contributed by atoms with Gasteiger partial charge in [-0.3, -0.25) is 9.79 Å². The highest BCUT2D eigenvalue weighted by Gasteiger charge is 2.35. The first kappa shape index (κ1) is 17.4. The van der Waals surface area contributed by atoms with Crippen molar-refractivity contribution in [1.29, 1.82) is 0 Å². The molecule has 0 bridgehead atoms. The van der Waals surface area contributed by atoms with Crippen LogP contribution in [0, 0.1) is 0 Å². The van der Waals surface area contributed by atoms with E-state index in [4.69, 9.17) is 4.74 Å². The zero-order valence-electron chi connectivity index (χ0n) is 15.1. The Kier molecular flexibility index (Phi) is 3.99. The summed E-state index contributed by atoms with van der Waals surface area (Å²) in [5, 5.41) is 3.14. The van der Waals surface area contributed by atoms with Gasteiger partial charge in [-0.25, -0.2) is 8.42 Å². The average Bonchev–Trinajstić information content (AvgIpc) is 3.27. The summed E-state index contributed by atoms with van der Waals surface area (Å²) in [4.78, 5) is 19.7. The SMILES string of the molecule is O=C1c2cc(N3CCOCC3)ccc2S(=O)(=O)c2cc(C3=NCCN3)ccc21. The molecule has 2 aromatic carbocycles. The van der Waals surface area contributed by atoms with Crippen LogP contribution in [0.5, 0.6) is 0 Å².